The first-order chi connectivity index (χ1) is 7.58. The van der Waals surface area contributed by atoms with Gasteiger partial charge in [-0.1, -0.05) is 0 Å². The van der Waals surface area contributed by atoms with E-state index in [9.17, 15) is 9.59 Å². The van der Waals surface area contributed by atoms with Crippen molar-refractivity contribution in [1.82, 2.24) is 9.88 Å². The highest BCUT2D eigenvalue weighted by atomic mass is 32.1. The number of carboxylic acid groups (broad SMARTS) is 1. The molecule has 6 heteroatoms. The fourth-order valence-electron chi connectivity index (χ4n) is 1.76. The van der Waals surface area contributed by atoms with Crippen LogP contribution < -0.4 is 0 Å². The van der Waals surface area contributed by atoms with Crippen LogP contribution in [-0.2, 0) is 4.79 Å². The molecule has 0 aliphatic carbocycles. The molecule has 2 rings (SSSR count). The summed E-state index contributed by atoms with van der Waals surface area (Å²) in [5.74, 6) is -1.34. The summed E-state index contributed by atoms with van der Waals surface area (Å²) in [4.78, 5) is 28.9. The van der Waals surface area contributed by atoms with Crippen LogP contribution in [0.1, 0.15) is 21.1 Å². The van der Waals surface area contributed by atoms with E-state index >= 15 is 0 Å². The Labute approximate surface area is 96.7 Å². The summed E-state index contributed by atoms with van der Waals surface area (Å²) in [6.07, 6.45) is 2.09. The van der Waals surface area contributed by atoms with Gasteiger partial charge >= 0.3 is 5.97 Å². The number of carbonyl (C=O) groups is 2. The van der Waals surface area contributed by atoms with E-state index < -0.39 is 11.9 Å². The Hall–Kier alpha value is -1.43. The van der Waals surface area contributed by atoms with E-state index in [1.54, 1.807) is 11.1 Å². The molecule has 1 amide bonds. The van der Waals surface area contributed by atoms with Gasteiger partial charge in [-0.15, -0.1) is 11.3 Å². The molecular weight excluding hydrogens is 228 g/mol. The molecular formula is C10H12N2O3S. The van der Waals surface area contributed by atoms with E-state index in [1.165, 1.54) is 11.3 Å². The van der Waals surface area contributed by atoms with Crippen LogP contribution in [0.2, 0.25) is 0 Å². The van der Waals surface area contributed by atoms with Crippen molar-refractivity contribution in [1.29, 1.82) is 0 Å². The largest absolute Gasteiger partial charge is 0.481 e. The number of aromatic nitrogens is 1. The summed E-state index contributed by atoms with van der Waals surface area (Å²) in [6, 6.07) is 0. The van der Waals surface area contributed by atoms with Crippen molar-refractivity contribution >= 4 is 23.2 Å². The fraction of sp³-hybridized carbons (Fsp3) is 0.500. The van der Waals surface area contributed by atoms with Crippen molar-refractivity contribution in [2.24, 2.45) is 5.92 Å². The quantitative estimate of drug-likeness (QED) is 0.837. The Morgan fingerprint density at radius 3 is 2.88 bits per heavy atom. The van der Waals surface area contributed by atoms with Crippen LogP contribution in [0.3, 0.4) is 0 Å². The van der Waals surface area contributed by atoms with Crippen molar-refractivity contribution in [3.8, 4) is 0 Å². The lowest BCUT2D eigenvalue weighted by Gasteiger charge is -2.13. The molecule has 1 aromatic heterocycles. The number of nitrogens with zero attached hydrogens (tertiary/aromatic N) is 2. The molecule has 1 aliphatic heterocycles. The number of likely N-dealkylation sites (tertiary alicyclic amines) is 1. The summed E-state index contributed by atoms with van der Waals surface area (Å²) in [5, 5.41) is 9.68. The minimum atomic E-state index is -0.823. The van der Waals surface area contributed by atoms with Crippen molar-refractivity contribution < 1.29 is 14.7 Å². The zero-order chi connectivity index (χ0) is 11.7. The van der Waals surface area contributed by atoms with Gasteiger partial charge in [-0.05, 0) is 13.3 Å². The summed E-state index contributed by atoms with van der Waals surface area (Å²) in [5.41, 5.74) is 0. The molecule has 0 radical (unpaired) electrons. The van der Waals surface area contributed by atoms with Gasteiger partial charge in [0, 0.05) is 13.1 Å². The van der Waals surface area contributed by atoms with E-state index in [0.717, 1.165) is 5.01 Å². The zero-order valence-corrected chi connectivity index (χ0v) is 9.66. The topological polar surface area (TPSA) is 70.5 Å². The van der Waals surface area contributed by atoms with Crippen LogP contribution in [0.15, 0.2) is 6.20 Å². The maximum Gasteiger partial charge on any atom is 0.308 e. The Morgan fingerprint density at radius 2 is 2.38 bits per heavy atom. The number of hydrogen-bond donors (Lipinski definition) is 1. The lowest BCUT2D eigenvalue weighted by atomic mass is 10.1. The van der Waals surface area contributed by atoms with Crippen molar-refractivity contribution in [2.45, 2.75) is 13.3 Å². The van der Waals surface area contributed by atoms with Crippen LogP contribution in [0.5, 0.6) is 0 Å². The molecule has 1 N–H and O–H groups in total. The third kappa shape index (κ3) is 2.06. The first-order valence-electron chi connectivity index (χ1n) is 5.02. The second-order valence-electron chi connectivity index (χ2n) is 3.82. The van der Waals surface area contributed by atoms with Crippen LogP contribution in [0.25, 0.3) is 0 Å². The van der Waals surface area contributed by atoms with Gasteiger partial charge < -0.3 is 10.0 Å². The van der Waals surface area contributed by atoms with Crippen LogP contribution in [0.4, 0.5) is 0 Å². The number of amides is 1. The summed E-state index contributed by atoms with van der Waals surface area (Å²) < 4.78 is 0. The number of aliphatic carboxylic acids is 1. The Kier molecular flexibility index (Phi) is 2.91. The number of rotatable bonds is 2. The van der Waals surface area contributed by atoms with Crippen LogP contribution >= 0.6 is 11.3 Å². The standard InChI is InChI=1S/C10H12N2O3S/c1-6-11-4-8(16-6)9(13)12-3-2-7(5-12)10(14)15/h4,7H,2-3,5H2,1H3,(H,14,15). The zero-order valence-electron chi connectivity index (χ0n) is 8.84. The van der Waals surface area contributed by atoms with Crippen molar-refractivity contribution in [2.75, 3.05) is 13.1 Å². The molecule has 2 heterocycles. The smallest absolute Gasteiger partial charge is 0.308 e. The molecule has 86 valence electrons. The molecule has 0 spiro atoms. The highest BCUT2D eigenvalue weighted by Crippen LogP contribution is 2.21. The maximum absolute atomic E-state index is 11.9. The number of hydrogen-bond acceptors (Lipinski definition) is 4. The predicted molar refractivity (Wildman–Crippen MR) is 58.5 cm³/mol. The van der Waals surface area contributed by atoms with E-state index in [4.69, 9.17) is 5.11 Å². The first kappa shape index (κ1) is 11.1. The molecule has 0 saturated carbocycles. The molecule has 1 aliphatic rings. The average Bonchev–Trinajstić information content (AvgIpc) is 2.84. The molecule has 1 unspecified atom stereocenters. The lowest BCUT2D eigenvalue weighted by molar-refractivity contribution is -0.141. The summed E-state index contributed by atoms with van der Waals surface area (Å²) >= 11 is 1.34. The van der Waals surface area contributed by atoms with Gasteiger partial charge in [0.2, 0.25) is 0 Å². The average molecular weight is 240 g/mol. The second kappa shape index (κ2) is 4.21. The highest BCUT2D eigenvalue weighted by molar-refractivity contribution is 7.13. The normalized spacial score (nSPS) is 20.1. The monoisotopic (exact) mass is 240 g/mol. The van der Waals surface area contributed by atoms with Crippen molar-refractivity contribution in [3.63, 3.8) is 0 Å². The van der Waals surface area contributed by atoms with E-state index in [2.05, 4.69) is 4.98 Å². The fourth-order valence-corrected chi connectivity index (χ4v) is 2.51. The number of aryl methyl sites for hydroxylation is 1. The number of carbonyl (C=O) groups excluding carboxylic acids is 1. The Morgan fingerprint density at radius 1 is 1.62 bits per heavy atom. The molecule has 1 fully saturated rings. The van der Waals surface area contributed by atoms with E-state index in [-0.39, 0.29) is 5.91 Å². The van der Waals surface area contributed by atoms with Gasteiger partial charge in [-0.25, -0.2) is 4.98 Å². The second-order valence-corrected chi connectivity index (χ2v) is 5.05. The minimum absolute atomic E-state index is 0.102. The molecule has 5 nitrogen and oxygen atoms in total. The van der Waals surface area contributed by atoms with Gasteiger partial charge in [0.05, 0.1) is 17.1 Å². The van der Waals surface area contributed by atoms with E-state index in [1.807, 2.05) is 6.92 Å². The van der Waals surface area contributed by atoms with Gasteiger partial charge in [-0.2, -0.15) is 0 Å². The lowest BCUT2D eigenvalue weighted by Crippen LogP contribution is -2.29. The molecule has 1 atom stereocenters. The van der Waals surface area contributed by atoms with Gasteiger partial charge in [0.15, 0.2) is 0 Å². The SMILES string of the molecule is Cc1ncc(C(=O)N2CCC(C(=O)O)C2)s1. The highest BCUT2D eigenvalue weighted by Gasteiger charge is 2.31. The molecule has 1 saturated heterocycles. The summed E-state index contributed by atoms with van der Waals surface area (Å²) in [7, 11) is 0. The Balaban J connectivity index is 2.05. The van der Waals surface area contributed by atoms with Gasteiger partial charge in [0.1, 0.15) is 4.88 Å². The van der Waals surface area contributed by atoms with Crippen LogP contribution in [-0.4, -0.2) is 40.0 Å². The first-order valence-corrected chi connectivity index (χ1v) is 5.84. The minimum Gasteiger partial charge on any atom is -0.481 e. The number of thiazole rings is 1. The third-order valence-electron chi connectivity index (χ3n) is 2.66. The van der Waals surface area contributed by atoms with Gasteiger partial charge in [0.25, 0.3) is 5.91 Å². The predicted octanol–water partition coefficient (Wildman–Crippen LogP) is 0.998. The van der Waals surface area contributed by atoms with E-state index in [0.29, 0.717) is 24.4 Å². The van der Waals surface area contributed by atoms with Gasteiger partial charge in [-0.3, -0.25) is 9.59 Å². The van der Waals surface area contributed by atoms with Crippen molar-refractivity contribution in [3.05, 3.63) is 16.1 Å². The third-order valence-corrected chi connectivity index (χ3v) is 3.56. The summed E-state index contributed by atoms with van der Waals surface area (Å²) in [6.45, 7) is 2.67. The Bertz CT molecular complexity index is 429. The molecule has 16 heavy (non-hydrogen) atoms. The van der Waals surface area contributed by atoms with Crippen LogP contribution in [0, 0.1) is 12.8 Å². The molecule has 0 aromatic carbocycles. The number of carboxylic acids is 1. The molecule has 1 aromatic rings. The maximum atomic E-state index is 11.9. The molecule has 0 bridgehead atoms.